The number of hydrogen-bond acceptors (Lipinski definition) is 5. The first kappa shape index (κ1) is 19.7. The number of rotatable bonds is 5. The van der Waals surface area contributed by atoms with Crippen molar-refractivity contribution in [1.29, 1.82) is 0 Å². The fourth-order valence-corrected chi connectivity index (χ4v) is 3.76. The van der Waals surface area contributed by atoms with Crippen LogP contribution >= 0.6 is 11.6 Å². The molecule has 0 saturated heterocycles. The van der Waals surface area contributed by atoms with E-state index in [1.807, 2.05) is 54.6 Å². The lowest BCUT2D eigenvalue weighted by molar-refractivity contribution is 0.410. The van der Waals surface area contributed by atoms with Crippen LogP contribution in [0.5, 0.6) is 5.75 Å². The monoisotopic (exact) mass is 408 g/mol. The van der Waals surface area contributed by atoms with Crippen LogP contribution in [0.2, 0.25) is 5.02 Å². The second-order valence-corrected chi connectivity index (χ2v) is 7.89. The predicted octanol–water partition coefficient (Wildman–Crippen LogP) is 5.14. The van der Waals surface area contributed by atoms with E-state index >= 15 is 0 Å². The van der Waals surface area contributed by atoms with E-state index in [1.165, 1.54) is 0 Å². The Morgan fingerprint density at radius 3 is 2.52 bits per heavy atom. The van der Waals surface area contributed by atoms with Gasteiger partial charge in [0.2, 0.25) is 0 Å². The number of benzene rings is 2. The van der Waals surface area contributed by atoms with E-state index in [2.05, 4.69) is 5.32 Å². The highest BCUT2D eigenvalue weighted by Gasteiger charge is 2.20. The van der Waals surface area contributed by atoms with Gasteiger partial charge >= 0.3 is 0 Å². The van der Waals surface area contributed by atoms with E-state index in [1.54, 1.807) is 7.11 Å². The minimum absolute atomic E-state index is 0.313. The van der Waals surface area contributed by atoms with Crippen LogP contribution in [0.4, 0.5) is 5.82 Å². The van der Waals surface area contributed by atoms with Gasteiger partial charge < -0.3 is 15.8 Å². The highest BCUT2D eigenvalue weighted by atomic mass is 35.5. The van der Waals surface area contributed by atoms with Crippen LogP contribution in [-0.4, -0.2) is 29.2 Å². The van der Waals surface area contributed by atoms with Gasteiger partial charge in [-0.1, -0.05) is 29.8 Å². The SMILES string of the molecule is COc1ccc2nc(/C=C/c3ccc(Cl)cc3)nc(NC3CCC(N)CC3)c2c1. The number of nitrogens with one attached hydrogen (secondary N) is 1. The van der Waals surface area contributed by atoms with Crippen molar-refractivity contribution in [1.82, 2.24) is 9.97 Å². The Hall–Kier alpha value is -2.63. The molecular formula is C23H25ClN4O. The minimum atomic E-state index is 0.313. The number of fused-ring (bicyclic) bond motifs is 1. The van der Waals surface area contributed by atoms with Crippen molar-refractivity contribution in [2.24, 2.45) is 5.73 Å². The van der Waals surface area contributed by atoms with E-state index in [4.69, 9.17) is 32.0 Å². The smallest absolute Gasteiger partial charge is 0.154 e. The highest BCUT2D eigenvalue weighted by Crippen LogP contribution is 2.28. The molecule has 0 amide bonds. The van der Waals surface area contributed by atoms with Crippen molar-refractivity contribution in [3.63, 3.8) is 0 Å². The zero-order valence-corrected chi connectivity index (χ0v) is 17.2. The summed E-state index contributed by atoms with van der Waals surface area (Å²) in [6.45, 7) is 0. The lowest BCUT2D eigenvalue weighted by Crippen LogP contribution is -2.33. The second kappa shape index (κ2) is 8.80. The molecule has 3 aromatic rings. The molecule has 1 heterocycles. The number of ether oxygens (including phenoxy) is 1. The molecule has 1 fully saturated rings. The Balaban J connectivity index is 1.67. The Bertz CT molecular complexity index is 1010. The summed E-state index contributed by atoms with van der Waals surface area (Å²) in [5, 5.41) is 5.31. The average Bonchev–Trinajstić information content (AvgIpc) is 2.74. The average molecular weight is 409 g/mol. The van der Waals surface area contributed by atoms with Gasteiger partial charge in [-0.3, -0.25) is 0 Å². The van der Waals surface area contributed by atoms with Crippen LogP contribution in [0, 0.1) is 0 Å². The molecule has 0 atom stereocenters. The van der Waals surface area contributed by atoms with Crippen molar-refractivity contribution in [2.45, 2.75) is 37.8 Å². The maximum Gasteiger partial charge on any atom is 0.154 e. The lowest BCUT2D eigenvalue weighted by atomic mass is 9.92. The van der Waals surface area contributed by atoms with E-state index in [-0.39, 0.29) is 0 Å². The van der Waals surface area contributed by atoms with Crippen molar-refractivity contribution in [3.05, 3.63) is 58.9 Å². The quantitative estimate of drug-likeness (QED) is 0.611. The van der Waals surface area contributed by atoms with Crippen LogP contribution in [0.15, 0.2) is 42.5 Å². The molecule has 2 aromatic carbocycles. The van der Waals surface area contributed by atoms with Gasteiger partial charge in [0.25, 0.3) is 0 Å². The number of hydrogen-bond donors (Lipinski definition) is 2. The molecule has 0 unspecified atom stereocenters. The number of nitrogens with zero attached hydrogens (tertiary/aromatic N) is 2. The summed E-state index contributed by atoms with van der Waals surface area (Å²) in [6.07, 6.45) is 8.08. The fraction of sp³-hybridized carbons (Fsp3) is 0.304. The number of methoxy groups -OCH3 is 1. The van der Waals surface area contributed by atoms with E-state index in [0.717, 1.165) is 58.7 Å². The maximum atomic E-state index is 6.06. The molecule has 0 spiro atoms. The molecule has 29 heavy (non-hydrogen) atoms. The van der Waals surface area contributed by atoms with Gasteiger partial charge in [-0.25, -0.2) is 9.97 Å². The molecule has 3 N–H and O–H groups in total. The van der Waals surface area contributed by atoms with Crippen LogP contribution in [0.1, 0.15) is 37.1 Å². The summed E-state index contributed by atoms with van der Waals surface area (Å²) < 4.78 is 5.40. The zero-order chi connectivity index (χ0) is 20.2. The Morgan fingerprint density at radius 1 is 1.03 bits per heavy atom. The largest absolute Gasteiger partial charge is 0.497 e. The summed E-state index contributed by atoms with van der Waals surface area (Å²) in [6, 6.07) is 14.2. The number of nitrogens with two attached hydrogens (primary N) is 1. The topological polar surface area (TPSA) is 73.1 Å². The van der Waals surface area contributed by atoms with Gasteiger partial charge in [0.1, 0.15) is 11.6 Å². The normalized spacial score (nSPS) is 19.6. The van der Waals surface area contributed by atoms with Crippen molar-refractivity contribution >= 4 is 40.5 Å². The summed E-state index contributed by atoms with van der Waals surface area (Å²) in [4.78, 5) is 9.51. The van der Waals surface area contributed by atoms with Crippen molar-refractivity contribution in [2.75, 3.05) is 12.4 Å². The van der Waals surface area contributed by atoms with Gasteiger partial charge in [0.15, 0.2) is 5.82 Å². The molecule has 4 rings (SSSR count). The van der Waals surface area contributed by atoms with Crippen LogP contribution < -0.4 is 15.8 Å². The first-order valence-electron chi connectivity index (χ1n) is 9.92. The standard InChI is InChI=1S/C23H25ClN4O/c1-29-19-11-12-21-20(14-19)23(26-18-9-7-17(25)8-10-18)28-22(27-21)13-4-15-2-5-16(24)6-3-15/h2-6,11-14,17-18H,7-10,25H2,1H3,(H,26,27,28)/b13-4+. The Kier molecular flexibility index (Phi) is 5.97. The molecular weight excluding hydrogens is 384 g/mol. The summed E-state index contributed by atoms with van der Waals surface area (Å²) in [5.41, 5.74) is 7.99. The van der Waals surface area contributed by atoms with E-state index in [0.29, 0.717) is 17.9 Å². The maximum absolute atomic E-state index is 6.06. The van der Waals surface area contributed by atoms with Crippen LogP contribution in [0.25, 0.3) is 23.1 Å². The highest BCUT2D eigenvalue weighted by molar-refractivity contribution is 6.30. The molecule has 5 nitrogen and oxygen atoms in total. The second-order valence-electron chi connectivity index (χ2n) is 7.45. The van der Waals surface area contributed by atoms with E-state index in [9.17, 15) is 0 Å². The molecule has 0 radical (unpaired) electrons. The minimum Gasteiger partial charge on any atom is -0.497 e. The number of halogens is 1. The molecule has 1 saturated carbocycles. The lowest BCUT2D eigenvalue weighted by Gasteiger charge is -2.27. The van der Waals surface area contributed by atoms with Gasteiger partial charge in [0.05, 0.1) is 12.6 Å². The summed E-state index contributed by atoms with van der Waals surface area (Å²) >= 11 is 5.97. The Morgan fingerprint density at radius 2 is 1.79 bits per heavy atom. The number of anilines is 1. The van der Waals surface area contributed by atoms with Gasteiger partial charge in [-0.05, 0) is 67.7 Å². The summed E-state index contributed by atoms with van der Waals surface area (Å²) in [7, 11) is 1.67. The fourth-order valence-electron chi connectivity index (χ4n) is 3.64. The first-order valence-corrected chi connectivity index (χ1v) is 10.3. The van der Waals surface area contributed by atoms with Gasteiger partial charge in [-0.2, -0.15) is 0 Å². The molecule has 6 heteroatoms. The van der Waals surface area contributed by atoms with Crippen LogP contribution in [-0.2, 0) is 0 Å². The van der Waals surface area contributed by atoms with Crippen LogP contribution in [0.3, 0.4) is 0 Å². The molecule has 0 aliphatic heterocycles. The third kappa shape index (κ3) is 4.86. The van der Waals surface area contributed by atoms with Gasteiger partial charge in [0, 0.05) is 22.5 Å². The number of aromatic nitrogens is 2. The van der Waals surface area contributed by atoms with Crippen molar-refractivity contribution < 1.29 is 4.74 Å². The third-order valence-corrected chi connectivity index (χ3v) is 5.58. The zero-order valence-electron chi connectivity index (χ0n) is 16.4. The van der Waals surface area contributed by atoms with Crippen molar-refractivity contribution in [3.8, 4) is 5.75 Å². The summed E-state index contributed by atoms with van der Waals surface area (Å²) in [5.74, 6) is 2.29. The molecule has 1 aromatic heterocycles. The predicted molar refractivity (Wildman–Crippen MR) is 120 cm³/mol. The molecule has 150 valence electrons. The molecule has 0 bridgehead atoms. The first-order chi connectivity index (χ1) is 14.1. The van der Waals surface area contributed by atoms with E-state index < -0.39 is 0 Å². The van der Waals surface area contributed by atoms with Gasteiger partial charge in [-0.15, -0.1) is 0 Å². The molecule has 1 aliphatic rings. The Labute approximate surface area is 176 Å². The third-order valence-electron chi connectivity index (χ3n) is 5.33. The molecule has 1 aliphatic carbocycles.